The highest BCUT2D eigenvalue weighted by Crippen LogP contribution is 2.39. The molecule has 2 heterocycles. The smallest absolute Gasteiger partial charge is 0.231 e. The Bertz CT molecular complexity index is 1060. The number of benzene rings is 2. The molecule has 1 aliphatic heterocycles. The molecule has 0 spiro atoms. The van der Waals surface area contributed by atoms with E-state index in [9.17, 15) is 4.39 Å². The van der Waals surface area contributed by atoms with E-state index in [1.165, 1.54) is 12.1 Å². The molecule has 0 radical (unpaired) electrons. The van der Waals surface area contributed by atoms with Crippen molar-refractivity contribution in [1.29, 1.82) is 0 Å². The summed E-state index contributed by atoms with van der Waals surface area (Å²) < 4.78 is 30.5. The molecule has 8 heteroatoms. The van der Waals surface area contributed by atoms with Crippen LogP contribution in [0, 0.1) is 5.82 Å². The molecule has 2 N–H and O–H groups in total. The molecule has 0 saturated carbocycles. The monoisotopic (exact) mass is 420 g/mol. The lowest BCUT2D eigenvalue weighted by Gasteiger charge is -2.19. The summed E-state index contributed by atoms with van der Waals surface area (Å²) in [5, 5.41) is 0.218. The highest BCUT2D eigenvalue weighted by atomic mass is 35.5. The zero-order chi connectivity index (χ0) is 19.8. The number of hydrogen-bond acceptors (Lipinski definition) is 5. The number of aromatic nitrogens is 1. The molecule has 0 saturated heterocycles. The molecule has 2 aromatic carbocycles. The Balaban J connectivity index is 1.66. The number of pyridine rings is 1. The summed E-state index contributed by atoms with van der Waals surface area (Å²) in [5.74, 6) is 1.30. The highest BCUT2D eigenvalue weighted by Gasteiger charge is 2.20. The number of nitrogens with two attached hydrogens (primary N) is 1. The molecule has 1 unspecified atom stereocenters. The van der Waals surface area contributed by atoms with Gasteiger partial charge in [0, 0.05) is 22.3 Å². The SMILES string of the molecule is CC(Oc1cc(-c2ccc3c(c2)OCO3)cnc1N)c1c(Cl)ccc(F)c1Cl. The van der Waals surface area contributed by atoms with Gasteiger partial charge in [-0.05, 0) is 42.8 Å². The largest absolute Gasteiger partial charge is 0.482 e. The molecule has 1 atom stereocenters. The summed E-state index contributed by atoms with van der Waals surface area (Å²) in [5.41, 5.74) is 7.94. The van der Waals surface area contributed by atoms with Crippen LogP contribution in [0.2, 0.25) is 10.0 Å². The third-order valence-corrected chi connectivity index (χ3v) is 5.09. The summed E-state index contributed by atoms with van der Waals surface area (Å²) in [6.45, 7) is 1.90. The fraction of sp³-hybridized carbons (Fsp3) is 0.150. The third kappa shape index (κ3) is 3.41. The highest BCUT2D eigenvalue weighted by molar-refractivity contribution is 6.36. The lowest BCUT2D eigenvalue weighted by atomic mass is 10.1. The summed E-state index contributed by atoms with van der Waals surface area (Å²) in [6, 6.07) is 9.94. The molecule has 28 heavy (non-hydrogen) atoms. The zero-order valence-electron chi connectivity index (χ0n) is 14.7. The van der Waals surface area contributed by atoms with Crippen LogP contribution < -0.4 is 19.9 Å². The second-order valence-electron chi connectivity index (χ2n) is 6.19. The van der Waals surface area contributed by atoms with Crippen molar-refractivity contribution in [3.05, 3.63) is 64.0 Å². The first kappa shape index (κ1) is 18.7. The van der Waals surface area contributed by atoms with Crippen LogP contribution in [0.3, 0.4) is 0 Å². The average molecular weight is 421 g/mol. The van der Waals surface area contributed by atoms with E-state index in [1.54, 1.807) is 19.2 Å². The van der Waals surface area contributed by atoms with Crippen molar-refractivity contribution in [2.45, 2.75) is 13.0 Å². The first-order valence-corrected chi connectivity index (χ1v) is 9.15. The van der Waals surface area contributed by atoms with Crippen molar-refractivity contribution in [3.63, 3.8) is 0 Å². The van der Waals surface area contributed by atoms with Gasteiger partial charge >= 0.3 is 0 Å². The molecule has 0 amide bonds. The van der Waals surface area contributed by atoms with Gasteiger partial charge in [-0.25, -0.2) is 9.37 Å². The molecular weight excluding hydrogens is 406 g/mol. The van der Waals surface area contributed by atoms with Gasteiger partial charge in [0.25, 0.3) is 0 Å². The van der Waals surface area contributed by atoms with E-state index < -0.39 is 11.9 Å². The van der Waals surface area contributed by atoms with Crippen molar-refractivity contribution < 1.29 is 18.6 Å². The Morgan fingerprint density at radius 1 is 1.11 bits per heavy atom. The predicted molar refractivity (Wildman–Crippen MR) is 106 cm³/mol. The van der Waals surface area contributed by atoms with Crippen molar-refractivity contribution in [2.75, 3.05) is 12.5 Å². The minimum absolute atomic E-state index is 0.0848. The molecule has 1 aromatic heterocycles. The van der Waals surface area contributed by atoms with Crippen LogP contribution >= 0.6 is 23.2 Å². The van der Waals surface area contributed by atoms with E-state index >= 15 is 0 Å². The van der Waals surface area contributed by atoms with Crippen LogP contribution in [0.25, 0.3) is 11.1 Å². The maximum Gasteiger partial charge on any atom is 0.231 e. The van der Waals surface area contributed by atoms with Crippen molar-refractivity contribution in [1.82, 2.24) is 4.98 Å². The number of fused-ring (bicyclic) bond motifs is 1. The molecule has 5 nitrogen and oxygen atoms in total. The lowest BCUT2D eigenvalue weighted by Crippen LogP contribution is -2.08. The molecule has 0 fully saturated rings. The lowest BCUT2D eigenvalue weighted by molar-refractivity contribution is 0.174. The topological polar surface area (TPSA) is 66.6 Å². The Hall–Kier alpha value is -2.70. The summed E-state index contributed by atoms with van der Waals surface area (Å²) >= 11 is 12.2. The second kappa shape index (κ2) is 7.37. The van der Waals surface area contributed by atoms with Crippen LogP contribution in [0.5, 0.6) is 17.2 Å². The fourth-order valence-corrected chi connectivity index (χ4v) is 3.63. The van der Waals surface area contributed by atoms with Gasteiger partial charge in [-0.1, -0.05) is 29.3 Å². The first-order chi connectivity index (χ1) is 13.4. The van der Waals surface area contributed by atoms with Crippen molar-refractivity contribution in [2.24, 2.45) is 0 Å². The van der Waals surface area contributed by atoms with E-state index in [2.05, 4.69) is 4.98 Å². The van der Waals surface area contributed by atoms with E-state index in [-0.39, 0.29) is 17.6 Å². The summed E-state index contributed by atoms with van der Waals surface area (Å²) in [4.78, 5) is 4.20. The van der Waals surface area contributed by atoms with Crippen LogP contribution in [0.15, 0.2) is 42.6 Å². The summed E-state index contributed by atoms with van der Waals surface area (Å²) in [7, 11) is 0. The molecular formula is C20H15Cl2FN2O3. The van der Waals surface area contributed by atoms with E-state index in [0.29, 0.717) is 27.8 Å². The third-order valence-electron chi connectivity index (χ3n) is 4.38. The molecule has 4 rings (SSSR count). The number of rotatable bonds is 4. The van der Waals surface area contributed by atoms with Gasteiger partial charge in [-0.15, -0.1) is 0 Å². The van der Waals surface area contributed by atoms with E-state index in [4.69, 9.17) is 43.1 Å². The number of halogens is 3. The second-order valence-corrected chi connectivity index (χ2v) is 6.98. The number of nitrogen functional groups attached to an aromatic ring is 1. The Kier molecular flexibility index (Phi) is 4.91. The maximum absolute atomic E-state index is 13.8. The van der Waals surface area contributed by atoms with Crippen molar-refractivity contribution >= 4 is 29.0 Å². The summed E-state index contributed by atoms with van der Waals surface area (Å²) in [6.07, 6.45) is 0.985. The normalized spacial score (nSPS) is 13.4. The Morgan fingerprint density at radius 3 is 2.71 bits per heavy atom. The van der Waals surface area contributed by atoms with Gasteiger partial charge in [-0.2, -0.15) is 0 Å². The molecule has 144 valence electrons. The number of nitrogens with zero attached hydrogens (tertiary/aromatic N) is 1. The van der Waals surface area contributed by atoms with Gasteiger partial charge in [0.1, 0.15) is 11.9 Å². The minimum atomic E-state index is -0.646. The Labute approximate surface area is 170 Å². The fourth-order valence-electron chi connectivity index (χ4n) is 2.95. The molecule has 0 bridgehead atoms. The van der Waals surface area contributed by atoms with Gasteiger partial charge in [0.2, 0.25) is 6.79 Å². The van der Waals surface area contributed by atoms with Crippen LogP contribution in [-0.4, -0.2) is 11.8 Å². The van der Waals surface area contributed by atoms with Gasteiger partial charge in [0.15, 0.2) is 23.1 Å². The first-order valence-electron chi connectivity index (χ1n) is 8.39. The van der Waals surface area contributed by atoms with E-state index in [0.717, 1.165) is 11.1 Å². The minimum Gasteiger partial charge on any atom is -0.482 e. The molecule has 3 aromatic rings. The van der Waals surface area contributed by atoms with E-state index in [1.807, 2.05) is 18.2 Å². The quantitative estimate of drug-likeness (QED) is 0.552. The zero-order valence-corrected chi connectivity index (χ0v) is 16.2. The van der Waals surface area contributed by atoms with Gasteiger partial charge in [-0.3, -0.25) is 0 Å². The average Bonchev–Trinajstić information content (AvgIpc) is 3.14. The van der Waals surface area contributed by atoms with Crippen LogP contribution in [-0.2, 0) is 0 Å². The number of anilines is 1. The number of hydrogen-bond donors (Lipinski definition) is 1. The van der Waals surface area contributed by atoms with Crippen LogP contribution in [0.4, 0.5) is 10.2 Å². The number of ether oxygens (including phenoxy) is 3. The van der Waals surface area contributed by atoms with Crippen molar-refractivity contribution in [3.8, 4) is 28.4 Å². The standard InChI is InChI=1S/C20H15Cl2FN2O3/c1-10(18-13(21)3-4-14(23)19(18)22)28-17-7-12(8-25-20(17)24)11-2-5-15-16(6-11)27-9-26-15/h2-8,10H,9H2,1H3,(H2,24,25). The van der Waals surface area contributed by atoms with Crippen LogP contribution in [0.1, 0.15) is 18.6 Å². The predicted octanol–water partition coefficient (Wildman–Crippen LogP) is 5.65. The maximum atomic E-state index is 13.8. The van der Waals surface area contributed by atoms with Gasteiger partial charge in [0.05, 0.1) is 5.02 Å². The molecule has 1 aliphatic rings. The Morgan fingerprint density at radius 2 is 1.89 bits per heavy atom. The van der Waals surface area contributed by atoms with Gasteiger partial charge < -0.3 is 19.9 Å². The molecule has 0 aliphatic carbocycles.